The van der Waals surface area contributed by atoms with Gasteiger partial charge < -0.3 is 14.6 Å². The van der Waals surface area contributed by atoms with Crippen LogP contribution in [-0.4, -0.2) is 26.0 Å². The maximum Gasteiger partial charge on any atom is 0.371 e. The Balaban J connectivity index is 1.51. The minimum Gasteiger partial charge on any atom is -0.505 e. The van der Waals surface area contributed by atoms with Crippen molar-refractivity contribution in [3.05, 3.63) is 81.0 Å². The average molecular weight is 458 g/mol. The second kappa shape index (κ2) is 8.18. The van der Waals surface area contributed by atoms with Gasteiger partial charge in [-0.3, -0.25) is 9.89 Å². The molecule has 3 N–H and O–H groups in total. The highest BCUT2D eigenvalue weighted by Crippen LogP contribution is 2.40. The topological polar surface area (TPSA) is 133 Å². The summed E-state index contributed by atoms with van der Waals surface area (Å²) in [7, 11) is 0. The van der Waals surface area contributed by atoms with Crippen molar-refractivity contribution in [2.24, 2.45) is 10.2 Å². The highest BCUT2D eigenvalue weighted by molar-refractivity contribution is 5.86. The van der Waals surface area contributed by atoms with Crippen LogP contribution in [0.5, 0.6) is 5.75 Å². The fourth-order valence-corrected chi connectivity index (χ4v) is 4.26. The molecule has 2 aromatic carbocycles. The molecule has 0 radical (unpaired) electrons. The maximum atomic E-state index is 13.1. The van der Waals surface area contributed by atoms with Crippen molar-refractivity contribution >= 4 is 17.3 Å². The van der Waals surface area contributed by atoms with Gasteiger partial charge in [0.15, 0.2) is 11.4 Å². The van der Waals surface area contributed by atoms with E-state index in [0.717, 1.165) is 30.5 Å². The number of aromatic hydroxyl groups is 1. The van der Waals surface area contributed by atoms with E-state index in [9.17, 15) is 14.7 Å². The highest BCUT2D eigenvalue weighted by atomic mass is 16.4. The normalized spacial score (nSPS) is 13.0. The van der Waals surface area contributed by atoms with Crippen molar-refractivity contribution in [2.45, 2.75) is 33.1 Å². The SMILES string of the molecule is Cc1cc(N=Nc2c(C)[nH]n(-c3ccc4c(c3)CCC4)c2=O)c(O)c(-c2ccc(C(=O)O)o2)c1. The average Bonchev–Trinajstić information content (AvgIpc) is 3.53. The van der Waals surface area contributed by atoms with E-state index in [1.807, 2.05) is 12.1 Å². The molecular formula is C25H22N4O5. The van der Waals surface area contributed by atoms with Gasteiger partial charge in [0, 0.05) is 0 Å². The Morgan fingerprint density at radius 3 is 2.62 bits per heavy atom. The predicted octanol–water partition coefficient (Wildman–Crippen LogP) is 5.35. The van der Waals surface area contributed by atoms with Gasteiger partial charge >= 0.3 is 5.97 Å². The summed E-state index contributed by atoms with van der Waals surface area (Å²) in [4.78, 5) is 24.2. The lowest BCUT2D eigenvalue weighted by molar-refractivity contribution is 0.0663. The Morgan fingerprint density at radius 2 is 1.85 bits per heavy atom. The van der Waals surface area contributed by atoms with E-state index in [2.05, 4.69) is 21.4 Å². The quantitative estimate of drug-likeness (QED) is 0.347. The number of azo groups is 1. The van der Waals surface area contributed by atoms with Gasteiger partial charge in [-0.05, 0) is 86.2 Å². The van der Waals surface area contributed by atoms with Crippen LogP contribution in [-0.2, 0) is 12.8 Å². The molecule has 9 nitrogen and oxygen atoms in total. The van der Waals surface area contributed by atoms with Crippen LogP contribution in [0.15, 0.2) is 61.9 Å². The summed E-state index contributed by atoms with van der Waals surface area (Å²) in [5.74, 6) is -1.49. The number of carboxylic acid groups (broad SMARTS) is 1. The van der Waals surface area contributed by atoms with E-state index in [4.69, 9.17) is 9.52 Å². The van der Waals surface area contributed by atoms with Crippen LogP contribution in [0.3, 0.4) is 0 Å². The van der Waals surface area contributed by atoms with Crippen molar-refractivity contribution in [1.29, 1.82) is 0 Å². The van der Waals surface area contributed by atoms with Crippen molar-refractivity contribution in [3.63, 3.8) is 0 Å². The van der Waals surface area contributed by atoms with E-state index in [-0.39, 0.29) is 39.8 Å². The van der Waals surface area contributed by atoms with E-state index in [1.165, 1.54) is 27.9 Å². The monoisotopic (exact) mass is 458 g/mol. The van der Waals surface area contributed by atoms with E-state index in [0.29, 0.717) is 5.69 Å². The van der Waals surface area contributed by atoms with Crippen molar-refractivity contribution < 1.29 is 19.4 Å². The number of H-pyrrole nitrogens is 1. The summed E-state index contributed by atoms with van der Waals surface area (Å²) in [5, 5.41) is 31.2. The minimum atomic E-state index is -1.21. The Kier molecular flexibility index (Phi) is 5.16. The van der Waals surface area contributed by atoms with Gasteiger partial charge in [0.1, 0.15) is 11.4 Å². The number of carbonyl (C=O) groups is 1. The van der Waals surface area contributed by atoms with Crippen LogP contribution in [0.4, 0.5) is 11.4 Å². The van der Waals surface area contributed by atoms with E-state index < -0.39 is 5.97 Å². The number of benzene rings is 2. The van der Waals surface area contributed by atoms with Gasteiger partial charge in [-0.25, -0.2) is 9.48 Å². The first-order chi connectivity index (χ1) is 16.3. The molecule has 34 heavy (non-hydrogen) atoms. The molecule has 172 valence electrons. The smallest absolute Gasteiger partial charge is 0.371 e. The number of aromatic amines is 1. The third-order valence-corrected chi connectivity index (χ3v) is 5.95. The zero-order valence-electron chi connectivity index (χ0n) is 18.6. The van der Waals surface area contributed by atoms with Crippen molar-refractivity contribution in [1.82, 2.24) is 9.78 Å². The lowest BCUT2D eigenvalue weighted by Gasteiger charge is -2.06. The number of phenolic OH excluding ortho intramolecular Hbond substituents is 1. The minimum absolute atomic E-state index is 0.132. The molecule has 4 aromatic rings. The summed E-state index contributed by atoms with van der Waals surface area (Å²) in [6, 6.07) is 12.0. The van der Waals surface area contributed by atoms with Crippen LogP contribution in [0.1, 0.15) is 39.4 Å². The third-order valence-electron chi connectivity index (χ3n) is 5.95. The molecule has 2 heterocycles. The largest absolute Gasteiger partial charge is 0.505 e. The summed E-state index contributed by atoms with van der Waals surface area (Å²) < 4.78 is 6.76. The summed E-state index contributed by atoms with van der Waals surface area (Å²) in [6.45, 7) is 3.53. The summed E-state index contributed by atoms with van der Waals surface area (Å²) >= 11 is 0. The third kappa shape index (κ3) is 3.71. The van der Waals surface area contributed by atoms with Gasteiger partial charge in [0.05, 0.1) is 16.9 Å². The zero-order valence-corrected chi connectivity index (χ0v) is 18.6. The van der Waals surface area contributed by atoms with Crippen LogP contribution in [0.25, 0.3) is 17.0 Å². The number of phenols is 1. The fraction of sp³-hybridized carbons (Fsp3) is 0.200. The van der Waals surface area contributed by atoms with E-state index >= 15 is 0 Å². The number of hydrogen-bond acceptors (Lipinski definition) is 6. The molecule has 0 fully saturated rings. The van der Waals surface area contributed by atoms with Crippen LogP contribution < -0.4 is 5.56 Å². The molecule has 0 amide bonds. The number of hydrogen-bond donors (Lipinski definition) is 3. The van der Waals surface area contributed by atoms with Gasteiger partial charge in [-0.1, -0.05) is 6.07 Å². The number of carboxylic acids is 1. The molecule has 0 atom stereocenters. The van der Waals surface area contributed by atoms with Crippen LogP contribution in [0, 0.1) is 13.8 Å². The Morgan fingerprint density at radius 1 is 1.06 bits per heavy atom. The Hall–Kier alpha value is -4.40. The van der Waals surface area contributed by atoms with E-state index in [1.54, 1.807) is 26.0 Å². The zero-order chi connectivity index (χ0) is 24.0. The number of fused-ring (bicyclic) bond motifs is 1. The number of aromatic nitrogens is 2. The first kappa shape index (κ1) is 21.4. The molecule has 5 rings (SSSR count). The molecule has 0 unspecified atom stereocenters. The number of nitrogens with one attached hydrogen (secondary N) is 1. The molecule has 1 aliphatic rings. The molecule has 0 saturated heterocycles. The van der Waals surface area contributed by atoms with Crippen LogP contribution >= 0.6 is 0 Å². The molecule has 0 spiro atoms. The van der Waals surface area contributed by atoms with Gasteiger partial charge in [-0.15, -0.1) is 10.2 Å². The Bertz CT molecular complexity index is 1520. The second-order valence-corrected chi connectivity index (χ2v) is 8.38. The lowest BCUT2D eigenvalue weighted by Crippen LogP contribution is -2.14. The highest BCUT2D eigenvalue weighted by Gasteiger charge is 2.18. The molecular weight excluding hydrogens is 436 g/mol. The molecule has 1 aliphatic carbocycles. The molecule has 9 heteroatoms. The van der Waals surface area contributed by atoms with Gasteiger partial charge in [-0.2, -0.15) is 0 Å². The maximum absolute atomic E-state index is 13.1. The van der Waals surface area contributed by atoms with Gasteiger partial charge in [0.25, 0.3) is 5.56 Å². The predicted molar refractivity (Wildman–Crippen MR) is 125 cm³/mol. The first-order valence-corrected chi connectivity index (χ1v) is 10.8. The number of aromatic carboxylic acids is 1. The number of nitrogens with zero attached hydrogens (tertiary/aromatic N) is 3. The standard InChI is InChI=1S/C25H22N4O5/c1-13-10-18(20-8-9-21(34-20)25(32)33)23(30)19(11-13)26-27-22-14(2)28-29(24(22)31)17-7-6-15-4-3-5-16(15)12-17/h6-12,28,30H,3-5H2,1-2H3,(H,32,33). The van der Waals surface area contributed by atoms with Crippen molar-refractivity contribution in [2.75, 3.05) is 0 Å². The number of rotatable bonds is 5. The summed E-state index contributed by atoms with van der Waals surface area (Å²) in [5.41, 5.74) is 4.80. The Labute approximate surface area is 194 Å². The molecule has 0 bridgehead atoms. The van der Waals surface area contributed by atoms with Crippen LogP contribution in [0.2, 0.25) is 0 Å². The second-order valence-electron chi connectivity index (χ2n) is 8.38. The molecule has 0 aliphatic heterocycles. The lowest BCUT2D eigenvalue weighted by atomic mass is 10.1. The fourth-order valence-electron chi connectivity index (χ4n) is 4.26. The molecule has 2 aromatic heterocycles. The first-order valence-electron chi connectivity index (χ1n) is 10.8. The summed E-state index contributed by atoms with van der Waals surface area (Å²) in [6.07, 6.45) is 3.18. The number of furan rings is 1. The molecule has 0 saturated carbocycles. The van der Waals surface area contributed by atoms with Gasteiger partial charge in [0.2, 0.25) is 5.76 Å². The van der Waals surface area contributed by atoms with Crippen molar-refractivity contribution in [3.8, 4) is 22.8 Å². The number of aryl methyl sites for hydroxylation is 4.